The topological polar surface area (TPSA) is 32.8 Å². The van der Waals surface area contributed by atoms with Gasteiger partial charge in [-0.2, -0.15) is 0 Å². The van der Waals surface area contributed by atoms with E-state index in [0.717, 1.165) is 37.4 Å². The van der Waals surface area contributed by atoms with Crippen LogP contribution in [0, 0.1) is 5.92 Å². The van der Waals surface area contributed by atoms with E-state index < -0.39 is 0 Å². The molecule has 1 aromatic carbocycles. The summed E-state index contributed by atoms with van der Waals surface area (Å²) >= 11 is 0. The lowest BCUT2D eigenvalue weighted by Crippen LogP contribution is -2.32. The number of amides is 1. The molecule has 2 saturated heterocycles. The van der Waals surface area contributed by atoms with Crippen LogP contribution >= 0.6 is 0 Å². The highest BCUT2D eigenvalue weighted by molar-refractivity contribution is 5.94. The summed E-state index contributed by atoms with van der Waals surface area (Å²) < 4.78 is 5.82. The summed E-state index contributed by atoms with van der Waals surface area (Å²) in [5.41, 5.74) is 0.543. The molecule has 0 aliphatic carbocycles. The maximum atomic E-state index is 12.7. The highest BCUT2D eigenvalue weighted by atomic mass is 16.5. The Labute approximate surface area is 145 Å². The number of carbonyl (C=O) groups excluding carboxylic acids is 1. The van der Waals surface area contributed by atoms with E-state index in [4.69, 9.17) is 4.74 Å². The lowest BCUT2D eigenvalue weighted by molar-refractivity contribution is 0.0784. The summed E-state index contributed by atoms with van der Waals surface area (Å²) in [4.78, 5) is 17.3. The Morgan fingerprint density at radius 1 is 1.12 bits per heavy atom. The van der Waals surface area contributed by atoms with Crippen LogP contribution in [0.25, 0.3) is 0 Å². The first kappa shape index (κ1) is 17.3. The van der Waals surface area contributed by atoms with Gasteiger partial charge >= 0.3 is 0 Å². The third-order valence-corrected chi connectivity index (χ3v) is 4.81. The molecule has 132 valence electrons. The fraction of sp³-hybridized carbons (Fsp3) is 0.650. The highest BCUT2D eigenvalue weighted by Gasteiger charge is 2.28. The number of hydrogen-bond acceptors (Lipinski definition) is 3. The van der Waals surface area contributed by atoms with Crippen molar-refractivity contribution in [1.29, 1.82) is 0 Å². The second-order valence-electron chi connectivity index (χ2n) is 8.15. The van der Waals surface area contributed by atoms with Gasteiger partial charge in [-0.1, -0.05) is 0 Å². The van der Waals surface area contributed by atoms with Crippen LogP contribution in [0.4, 0.5) is 0 Å². The molecule has 0 spiro atoms. The van der Waals surface area contributed by atoms with Crippen LogP contribution in [0.2, 0.25) is 0 Å². The molecule has 0 bridgehead atoms. The van der Waals surface area contributed by atoms with Crippen LogP contribution in [0.5, 0.6) is 5.75 Å². The molecule has 1 aromatic rings. The number of carbonyl (C=O) groups is 1. The molecule has 2 heterocycles. The first-order valence-corrected chi connectivity index (χ1v) is 9.21. The average Bonchev–Trinajstić information content (AvgIpc) is 3.18. The zero-order valence-corrected chi connectivity index (χ0v) is 15.3. The van der Waals surface area contributed by atoms with Crippen molar-refractivity contribution in [2.24, 2.45) is 5.92 Å². The molecule has 0 aromatic heterocycles. The summed E-state index contributed by atoms with van der Waals surface area (Å²) in [5.74, 6) is 1.60. The lowest BCUT2D eigenvalue weighted by atomic mass is 10.1. The zero-order valence-electron chi connectivity index (χ0n) is 15.3. The zero-order chi connectivity index (χ0) is 17.2. The minimum atomic E-state index is -0.219. The minimum absolute atomic E-state index is 0.154. The Kier molecular flexibility index (Phi) is 5.14. The van der Waals surface area contributed by atoms with E-state index in [9.17, 15) is 4.79 Å². The van der Waals surface area contributed by atoms with E-state index in [1.54, 1.807) is 0 Å². The van der Waals surface area contributed by atoms with Crippen LogP contribution in [-0.4, -0.2) is 54.0 Å². The van der Waals surface area contributed by atoms with Crippen molar-refractivity contribution >= 4 is 5.91 Å². The van der Waals surface area contributed by atoms with Gasteiger partial charge in [0.1, 0.15) is 11.4 Å². The first-order chi connectivity index (χ1) is 11.4. The SMILES string of the molecule is CC(C)(C)Oc1ccc(C(=O)N2CCC(CN3CCCC3)C2)cc1. The van der Waals surface area contributed by atoms with E-state index in [2.05, 4.69) is 4.90 Å². The molecule has 2 aliphatic rings. The van der Waals surface area contributed by atoms with Gasteiger partial charge in [-0.3, -0.25) is 4.79 Å². The molecule has 0 radical (unpaired) electrons. The van der Waals surface area contributed by atoms with Crippen molar-refractivity contribution < 1.29 is 9.53 Å². The van der Waals surface area contributed by atoms with Crippen molar-refractivity contribution in [3.8, 4) is 5.75 Å². The Hall–Kier alpha value is -1.55. The molecule has 4 heteroatoms. The van der Waals surface area contributed by atoms with Crippen LogP contribution < -0.4 is 4.74 Å². The van der Waals surface area contributed by atoms with Crippen molar-refractivity contribution in [2.75, 3.05) is 32.7 Å². The Morgan fingerprint density at radius 3 is 2.42 bits per heavy atom. The van der Waals surface area contributed by atoms with E-state index in [-0.39, 0.29) is 11.5 Å². The van der Waals surface area contributed by atoms with Crippen LogP contribution in [0.15, 0.2) is 24.3 Å². The molecule has 1 unspecified atom stereocenters. The second kappa shape index (κ2) is 7.14. The molecule has 1 atom stereocenters. The molecule has 24 heavy (non-hydrogen) atoms. The van der Waals surface area contributed by atoms with Crippen molar-refractivity contribution in [1.82, 2.24) is 9.80 Å². The van der Waals surface area contributed by atoms with Gasteiger partial charge in [-0.05, 0) is 83.3 Å². The molecule has 2 fully saturated rings. The fourth-order valence-electron chi connectivity index (χ4n) is 3.70. The van der Waals surface area contributed by atoms with Crippen LogP contribution in [-0.2, 0) is 0 Å². The highest BCUT2D eigenvalue weighted by Crippen LogP contribution is 2.23. The summed E-state index contributed by atoms with van der Waals surface area (Å²) in [6.07, 6.45) is 3.80. The smallest absolute Gasteiger partial charge is 0.253 e. The van der Waals surface area contributed by atoms with Gasteiger partial charge in [0.15, 0.2) is 0 Å². The normalized spacial score (nSPS) is 22.1. The number of ether oxygens (including phenoxy) is 1. The number of likely N-dealkylation sites (tertiary alicyclic amines) is 2. The second-order valence-corrected chi connectivity index (χ2v) is 8.15. The van der Waals surface area contributed by atoms with Crippen LogP contribution in [0.1, 0.15) is 50.4 Å². The van der Waals surface area contributed by atoms with Gasteiger partial charge in [-0.25, -0.2) is 0 Å². The Morgan fingerprint density at radius 2 is 1.79 bits per heavy atom. The van der Waals surface area contributed by atoms with E-state index >= 15 is 0 Å². The van der Waals surface area contributed by atoms with E-state index in [1.165, 1.54) is 25.9 Å². The first-order valence-electron chi connectivity index (χ1n) is 9.21. The van der Waals surface area contributed by atoms with Crippen molar-refractivity contribution in [3.63, 3.8) is 0 Å². The largest absolute Gasteiger partial charge is 0.488 e. The standard InChI is InChI=1S/C20H30N2O2/c1-20(2,3)24-18-8-6-17(7-9-18)19(23)22-13-10-16(15-22)14-21-11-4-5-12-21/h6-9,16H,4-5,10-15H2,1-3H3. The molecular weight excluding hydrogens is 300 g/mol. The molecule has 3 rings (SSSR count). The summed E-state index contributed by atoms with van der Waals surface area (Å²) in [7, 11) is 0. The lowest BCUT2D eigenvalue weighted by Gasteiger charge is -2.22. The van der Waals surface area contributed by atoms with E-state index in [0.29, 0.717) is 5.92 Å². The van der Waals surface area contributed by atoms with Gasteiger partial charge in [0.2, 0.25) is 0 Å². The third-order valence-electron chi connectivity index (χ3n) is 4.81. The number of benzene rings is 1. The molecule has 2 aliphatic heterocycles. The van der Waals surface area contributed by atoms with Gasteiger partial charge in [-0.15, -0.1) is 0 Å². The molecule has 4 nitrogen and oxygen atoms in total. The predicted octanol–water partition coefficient (Wildman–Crippen LogP) is 3.42. The monoisotopic (exact) mass is 330 g/mol. The van der Waals surface area contributed by atoms with Crippen molar-refractivity contribution in [3.05, 3.63) is 29.8 Å². The predicted molar refractivity (Wildman–Crippen MR) is 96.5 cm³/mol. The quantitative estimate of drug-likeness (QED) is 0.848. The molecule has 1 amide bonds. The Bertz CT molecular complexity index is 556. The van der Waals surface area contributed by atoms with Gasteiger partial charge in [0, 0.05) is 25.2 Å². The molecule has 0 saturated carbocycles. The fourth-order valence-corrected chi connectivity index (χ4v) is 3.70. The summed E-state index contributed by atoms with van der Waals surface area (Å²) in [5, 5.41) is 0. The average molecular weight is 330 g/mol. The summed E-state index contributed by atoms with van der Waals surface area (Å²) in [6, 6.07) is 7.57. The number of hydrogen-bond donors (Lipinski definition) is 0. The van der Waals surface area contributed by atoms with Crippen molar-refractivity contribution in [2.45, 2.75) is 45.6 Å². The van der Waals surface area contributed by atoms with Gasteiger partial charge in [0.05, 0.1) is 0 Å². The molecular formula is C20H30N2O2. The number of rotatable bonds is 4. The van der Waals surface area contributed by atoms with Gasteiger partial charge < -0.3 is 14.5 Å². The third kappa shape index (κ3) is 4.50. The minimum Gasteiger partial charge on any atom is -0.488 e. The maximum Gasteiger partial charge on any atom is 0.253 e. The maximum absolute atomic E-state index is 12.7. The Balaban J connectivity index is 1.54. The molecule has 0 N–H and O–H groups in total. The van der Waals surface area contributed by atoms with E-state index in [1.807, 2.05) is 49.9 Å². The summed E-state index contributed by atoms with van der Waals surface area (Å²) in [6.45, 7) is 11.5. The van der Waals surface area contributed by atoms with Crippen LogP contribution in [0.3, 0.4) is 0 Å². The van der Waals surface area contributed by atoms with Gasteiger partial charge in [0.25, 0.3) is 5.91 Å². The number of nitrogens with zero attached hydrogens (tertiary/aromatic N) is 2.